The van der Waals surface area contributed by atoms with E-state index in [0.717, 1.165) is 24.3 Å². The van der Waals surface area contributed by atoms with Gasteiger partial charge in [-0.05, 0) is 25.8 Å². The molecule has 18 heavy (non-hydrogen) atoms. The van der Waals surface area contributed by atoms with E-state index in [1.54, 1.807) is 12.0 Å². The van der Waals surface area contributed by atoms with E-state index >= 15 is 0 Å². The Hall–Kier alpha value is -1.07. The lowest BCUT2D eigenvalue weighted by Gasteiger charge is -2.20. The number of hydrogen-bond acceptors (Lipinski definition) is 4. The molecule has 1 amide bonds. The van der Waals surface area contributed by atoms with Crippen LogP contribution in [0, 0.1) is 6.92 Å². The maximum absolute atomic E-state index is 12.3. The Morgan fingerprint density at radius 1 is 1.67 bits per heavy atom. The van der Waals surface area contributed by atoms with Gasteiger partial charge in [0.25, 0.3) is 5.91 Å². The summed E-state index contributed by atoms with van der Waals surface area (Å²) in [6.07, 6.45) is 2.32. The molecule has 1 saturated heterocycles. The number of rotatable bonds is 4. The number of carbonyl (C=O) groups is 1. The predicted molar refractivity (Wildman–Crippen MR) is 71.5 cm³/mol. The van der Waals surface area contributed by atoms with Gasteiger partial charge >= 0.3 is 0 Å². The molecular formula is C13H19NO3S. The molecule has 1 aliphatic heterocycles. The number of ether oxygens (including phenoxy) is 2. The van der Waals surface area contributed by atoms with Crippen molar-refractivity contribution in [2.24, 2.45) is 0 Å². The molecule has 0 aliphatic carbocycles. The number of aryl methyl sites for hydroxylation is 1. The molecule has 0 aromatic carbocycles. The van der Waals surface area contributed by atoms with Crippen LogP contribution >= 0.6 is 11.3 Å². The Kier molecular flexibility index (Phi) is 4.24. The maximum atomic E-state index is 12.3. The van der Waals surface area contributed by atoms with Crippen molar-refractivity contribution >= 4 is 17.2 Å². The lowest BCUT2D eigenvalue weighted by Crippen LogP contribution is -2.33. The van der Waals surface area contributed by atoms with Gasteiger partial charge < -0.3 is 14.4 Å². The smallest absolute Gasteiger partial charge is 0.267 e. The maximum Gasteiger partial charge on any atom is 0.267 e. The van der Waals surface area contributed by atoms with E-state index in [9.17, 15) is 4.79 Å². The highest BCUT2D eigenvalue weighted by Gasteiger charge is 2.24. The third-order valence-electron chi connectivity index (χ3n) is 3.08. The van der Waals surface area contributed by atoms with Gasteiger partial charge in [0.1, 0.15) is 10.6 Å². The molecule has 4 nitrogen and oxygen atoms in total. The van der Waals surface area contributed by atoms with Gasteiger partial charge in [-0.1, -0.05) is 0 Å². The van der Waals surface area contributed by atoms with Crippen molar-refractivity contribution in [3.63, 3.8) is 0 Å². The molecule has 2 heterocycles. The number of amides is 1. The number of carbonyl (C=O) groups excluding carboxylic acids is 1. The van der Waals surface area contributed by atoms with Gasteiger partial charge in [0, 0.05) is 25.1 Å². The van der Waals surface area contributed by atoms with E-state index in [1.807, 2.05) is 20.0 Å². The number of nitrogens with zero attached hydrogens (tertiary/aromatic N) is 1. The second-order valence-electron chi connectivity index (χ2n) is 4.58. The van der Waals surface area contributed by atoms with Crippen LogP contribution in [0.15, 0.2) is 6.07 Å². The summed E-state index contributed by atoms with van der Waals surface area (Å²) in [5.41, 5.74) is 0. The van der Waals surface area contributed by atoms with Crippen molar-refractivity contribution in [3.05, 3.63) is 15.8 Å². The van der Waals surface area contributed by atoms with Gasteiger partial charge in [0.05, 0.1) is 13.2 Å². The first-order chi connectivity index (χ1) is 8.61. The minimum Gasteiger partial charge on any atom is -0.495 e. The summed E-state index contributed by atoms with van der Waals surface area (Å²) < 4.78 is 10.8. The summed E-state index contributed by atoms with van der Waals surface area (Å²) in [6, 6.07) is 1.90. The second kappa shape index (κ2) is 5.71. The molecule has 0 saturated carbocycles. The van der Waals surface area contributed by atoms with Crippen LogP contribution < -0.4 is 4.74 Å². The van der Waals surface area contributed by atoms with Gasteiger partial charge in [-0.3, -0.25) is 4.79 Å². The fourth-order valence-electron chi connectivity index (χ4n) is 2.14. The molecule has 5 heteroatoms. The van der Waals surface area contributed by atoms with Crippen molar-refractivity contribution in [2.45, 2.75) is 25.9 Å². The first-order valence-electron chi connectivity index (χ1n) is 6.13. The van der Waals surface area contributed by atoms with Crippen molar-refractivity contribution in [3.8, 4) is 5.75 Å². The highest BCUT2D eigenvalue weighted by Crippen LogP contribution is 2.29. The molecule has 0 N–H and O–H groups in total. The van der Waals surface area contributed by atoms with Crippen molar-refractivity contribution in [1.29, 1.82) is 0 Å². The Morgan fingerprint density at radius 3 is 3.06 bits per heavy atom. The molecule has 100 valence electrons. The van der Waals surface area contributed by atoms with E-state index in [2.05, 4.69) is 0 Å². The fourth-order valence-corrected chi connectivity index (χ4v) is 3.12. The van der Waals surface area contributed by atoms with Crippen LogP contribution in [0.3, 0.4) is 0 Å². The first kappa shape index (κ1) is 13.4. The lowest BCUT2D eigenvalue weighted by atomic mass is 10.2. The van der Waals surface area contributed by atoms with Crippen LogP contribution in [0.1, 0.15) is 27.4 Å². The van der Waals surface area contributed by atoms with Gasteiger partial charge in [0.2, 0.25) is 0 Å². The Bertz CT molecular complexity index is 424. The SMILES string of the molecule is COc1cc(C)sc1C(=O)N(C)C[C@H]1CCCO1. The Balaban J connectivity index is 2.04. The molecule has 2 rings (SSSR count). The highest BCUT2D eigenvalue weighted by molar-refractivity contribution is 7.14. The highest BCUT2D eigenvalue weighted by atomic mass is 32.1. The zero-order chi connectivity index (χ0) is 13.1. The predicted octanol–water partition coefficient (Wildman–Crippen LogP) is 2.32. The summed E-state index contributed by atoms with van der Waals surface area (Å²) in [4.78, 5) is 15.8. The summed E-state index contributed by atoms with van der Waals surface area (Å²) in [7, 11) is 3.41. The third-order valence-corrected chi connectivity index (χ3v) is 4.10. The van der Waals surface area contributed by atoms with Crippen LogP contribution in [-0.4, -0.2) is 44.2 Å². The summed E-state index contributed by atoms with van der Waals surface area (Å²) in [5, 5.41) is 0. The molecule has 1 aromatic rings. The Labute approximate surface area is 111 Å². The van der Waals surface area contributed by atoms with Crippen molar-refractivity contribution in [1.82, 2.24) is 4.90 Å². The Morgan fingerprint density at radius 2 is 2.44 bits per heavy atom. The fraction of sp³-hybridized carbons (Fsp3) is 0.615. The molecule has 0 spiro atoms. The van der Waals surface area contributed by atoms with Crippen molar-refractivity contribution in [2.75, 3.05) is 27.3 Å². The molecule has 0 radical (unpaired) electrons. The van der Waals surface area contributed by atoms with Crippen molar-refractivity contribution < 1.29 is 14.3 Å². The lowest BCUT2D eigenvalue weighted by molar-refractivity contribution is 0.0588. The topological polar surface area (TPSA) is 38.8 Å². The van der Waals surface area contributed by atoms with Gasteiger partial charge in [-0.25, -0.2) is 0 Å². The molecule has 1 aliphatic rings. The quantitative estimate of drug-likeness (QED) is 0.842. The van der Waals surface area contributed by atoms with Gasteiger partial charge in [-0.2, -0.15) is 0 Å². The van der Waals surface area contributed by atoms with Crippen LogP contribution in [-0.2, 0) is 4.74 Å². The summed E-state index contributed by atoms with van der Waals surface area (Å²) in [5.74, 6) is 0.683. The van der Waals surface area contributed by atoms with E-state index in [4.69, 9.17) is 9.47 Å². The number of likely N-dealkylation sites (N-methyl/N-ethyl adjacent to an activating group) is 1. The first-order valence-corrected chi connectivity index (χ1v) is 6.95. The van der Waals surface area contributed by atoms with Crippen LogP contribution in [0.2, 0.25) is 0 Å². The molecule has 0 bridgehead atoms. The summed E-state index contributed by atoms with van der Waals surface area (Å²) >= 11 is 1.48. The van der Waals surface area contributed by atoms with Gasteiger partial charge in [-0.15, -0.1) is 11.3 Å². The zero-order valence-electron chi connectivity index (χ0n) is 11.1. The molecule has 1 aromatic heterocycles. The zero-order valence-corrected chi connectivity index (χ0v) is 11.9. The average Bonchev–Trinajstić information content (AvgIpc) is 2.97. The van der Waals surface area contributed by atoms with Gasteiger partial charge in [0.15, 0.2) is 0 Å². The summed E-state index contributed by atoms with van der Waals surface area (Å²) in [6.45, 7) is 3.44. The van der Waals surface area contributed by atoms with Crippen LogP contribution in [0.5, 0.6) is 5.75 Å². The number of thiophene rings is 1. The van der Waals surface area contributed by atoms with E-state index in [1.165, 1.54) is 11.3 Å². The molecule has 0 unspecified atom stereocenters. The normalized spacial score (nSPS) is 18.9. The second-order valence-corrected chi connectivity index (χ2v) is 5.83. The molecule has 1 fully saturated rings. The van der Waals surface area contributed by atoms with Crippen LogP contribution in [0.25, 0.3) is 0 Å². The van der Waals surface area contributed by atoms with E-state index in [-0.39, 0.29) is 12.0 Å². The number of methoxy groups -OCH3 is 1. The minimum absolute atomic E-state index is 0.0143. The van der Waals surface area contributed by atoms with E-state index < -0.39 is 0 Å². The standard InChI is InChI=1S/C13H19NO3S/c1-9-7-11(16-3)12(18-9)13(15)14(2)8-10-5-4-6-17-10/h7,10H,4-6,8H2,1-3H3/t10-/m1/s1. The monoisotopic (exact) mass is 269 g/mol. The largest absolute Gasteiger partial charge is 0.495 e. The molecular weight excluding hydrogens is 250 g/mol. The minimum atomic E-state index is 0.0143. The third kappa shape index (κ3) is 2.84. The van der Waals surface area contributed by atoms with E-state index in [0.29, 0.717) is 17.2 Å². The molecule has 1 atom stereocenters. The van der Waals surface area contributed by atoms with Crippen LogP contribution in [0.4, 0.5) is 0 Å². The average molecular weight is 269 g/mol. The number of hydrogen-bond donors (Lipinski definition) is 0.